The van der Waals surface area contributed by atoms with E-state index in [0.29, 0.717) is 18.3 Å². The van der Waals surface area contributed by atoms with E-state index in [1.54, 1.807) is 0 Å². The van der Waals surface area contributed by atoms with Gasteiger partial charge in [0.25, 0.3) is 0 Å². The van der Waals surface area contributed by atoms with Gasteiger partial charge in [-0.25, -0.2) is 4.39 Å². The number of hydrogen-bond acceptors (Lipinski definition) is 1. The van der Waals surface area contributed by atoms with Crippen molar-refractivity contribution in [2.75, 3.05) is 0 Å². The van der Waals surface area contributed by atoms with Gasteiger partial charge in [0.2, 0.25) is 0 Å². The summed E-state index contributed by atoms with van der Waals surface area (Å²) >= 11 is 3.26. The van der Waals surface area contributed by atoms with E-state index >= 15 is 0 Å². The molecule has 0 heterocycles. The Kier molecular flexibility index (Phi) is 3.65. The molecule has 3 heteroatoms. The van der Waals surface area contributed by atoms with Gasteiger partial charge in [-0.2, -0.15) is 0 Å². The first-order valence-electron chi connectivity index (χ1n) is 5.69. The van der Waals surface area contributed by atoms with E-state index in [4.69, 9.17) is 0 Å². The van der Waals surface area contributed by atoms with E-state index in [9.17, 15) is 9.50 Å². The standard InChI is InChI=1S/C13H16BrFO/c1-8(10-2-3-10)13(16)6-9-4-11(14)7-12(15)5-9/h4-5,7-8,10,13,16H,2-3,6H2,1H3. The first-order chi connectivity index (χ1) is 7.56. The van der Waals surface area contributed by atoms with Crippen molar-refractivity contribution in [1.82, 2.24) is 0 Å². The third-order valence-electron chi connectivity index (χ3n) is 3.34. The highest BCUT2D eigenvalue weighted by molar-refractivity contribution is 9.10. The zero-order chi connectivity index (χ0) is 11.7. The van der Waals surface area contributed by atoms with E-state index in [-0.39, 0.29) is 11.9 Å². The molecule has 2 atom stereocenters. The molecule has 2 rings (SSSR count). The molecule has 0 amide bonds. The van der Waals surface area contributed by atoms with Crippen LogP contribution in [-0.4, -0.2) is 11.2 Å². The highest BCUT2D eigenvalue weighted by Gasteiger charge is 2.32. The lowest BCUT2D eigenvalue weighted by molar-refractivity contribution is 0.105. The second kappa shape index (κ2) is 4.84. The minimum absolute atomic E-state index is 0.254. The molecular formula is C13H16BrFO. The predicted octanol–water partition coefficient (Wildman–Crippen LogP) is 3.54. The summed E-state index contributed by atoms with van der Waals surface area (Å²) in [7, 11) is 0. The Morgan fingerprint density at radius 2 is 2.12 bits per heavy atom. The maximum atomic E-state index is 13.1. The van der Waals surface area contributed by atoms with Crippen LogP contribution in [0.3, 0.4) is 0 Å². The highest BCUT2D eigenvalue weighted by atomic mass is 79.9. The summed E-state index contributed by atoms with van der Waals surface area (Å²) in [6.07, 6.45) is 2.63. The molecule has 1 aliphatic carbocycles. The maximum absolute atomic E-state index is 13.1. The van der Waals surface area contributed by atoms with Crippen LogP contribution in [0.2, 0.25) is 0 Å². The number of benzene rings is 1. The quantitative estimate of drug-likeness (QED) is 0.898. The average Bonchev–Trinajstić information content (AvgIpc) is 2.97. The van der Waals surface area contributed by atoms with Gasteiger partial charge in [-0.15, -0.1) is 0 Å². The van der Waals surface area contributed by atoms with Crippen molar-refractivity contribution in [3.05, 3.63) is 34.1 Å². The zero-order valence-corrected chi connectivity index (χ0v) is 10.9. The molecule has 0 saturated heterocycles. The van der Waals surface area contributed by atoms with E-state index in [1.165, 1.54) is 25.0 Å². The van der Waals surface area contributed by atoms with Gasteiger partial charge in [0.1, 0.15) is 5.82 Å². The molecule has 0 bridgehead atoms. The van der Waals surface area contributed by atoms with Crippen molar-refractivity contribution in [2.24, 2.45) is 11.8 Å². The van der Waals surface area contributed by atoms with Crippen molar-refractivity contribution in [3.63, 3.8) is 0 Å². The predicted molar refractivity (Wildman–Crippen MR) is 65.7 cm³/mol. The lowest BCUT2D eigenvalue weighted by Crippen LogP contribution is -2.22. The number of rotatable bonds is 4. The Labute approximate surface area is 104 Å². The number of aliphatic hydroxyl groups excluding tert-OH is 1. The smallest absolute Gasteiger partial charge is 0.124 e. The molecule has 0 aromatic heterocycles. The molecule has 1 nitrogen and oxygen atoms in total. The van der Waals surface area contributed by atoms with E-state index in [0.717, 1.165) is 10.0 Å². The monoisotopic (exact) mass is 286 g/mol. The van der Waals surface area contributed by atoms with Gasteiger partial charge >= 0.3 is 0 Å². The molecule has 1 aromatic carbocycles. The zero-order valence-electron chi connectivity index (χ0n) is 9.29. The van der Waals surface area contributed by atoms with Crippen LogP contribution in [0, 0.1) is 17.7 Å². The molecule has 2 unspecified atom stereocenters. The Morgan fingerprint density at radius 1 is 1.44 bits per heavy atom. The Bertz CT molecular complexity index is 356. The van der Waals surface area contributed by atoms with Gasteiger partial charge in [-0.3, -0.25) is 0 Å². The number of aliphatic hydroxyl groups is 1. The molecule has 1 aromatic rings. The van der Waals surface area contributed by atoms with Crippen LogP contribution in [0.15, 0.2) is 22.7 Å². The first-order valence-corrected chi connectivity index (χ1v) is 6.48. The molecule has 1 fully saturated rings. The fraction of sp³-hybridized carbons (Fsp3) is 0.538. The van der Waals surface area contributed by atoms with E-state index in [2.05, 4.69) is 22.9 Å². The normalized spacial score (nSPS) is 19.5. The third-order valence-corrected chi connectivity index (χ3v) is 3.80. The molecule has 88 valence electrons. The summed E-state index contributed by atoms with van der Waals surface area (Å²) in [5.41, 5.74) is 0.854. The van der Waals surface area contributed by atoms with Crippen molar-refractivity contribution in [1.29, 1.82) is 0 Å². The second-order valence-electron chi connectivity index (χ2n) is 4.75. The molecule has 1 aliphatic rings. The van der Waals surface area contributed by atoms with Gasteiger partial charge in [-0.05, 0) is 54.9 Å². The fourth-order valence-corrected chi connectivity index (χ4v) is 2.61. The summed E-state index contributed by atoms with van der Waals surface area (Å²) < 4.78 is 13.9. The molecule has 1 N–H and O–H groups in total. The van der Waals surface area contributed by atoms with E-state index < -0.39 is 0 Å². The van der Waals surface area contributed by atoms with Crippen LogP contribution in [0.4, 0.5) is 4.39 Å². The van der Waals surface area contributed by atoms with Crippen LogP contribution < -0.4 is 0 Å². The van der Waals surface area contributed by atoms with Crippen molar-refractivity contribution >= 4 is 15.9 Å². The molecule has 16 heavy (non-hydrogen) atoms. The van der Waals surface area contributed by atoms with Crippen LogP contribution >= 0.6 is 15.9 Å². The largest absolute Gasteiger partial charge is 0.392 e. The lowest BCUT2D eigenvalue weighted by atomic mass is 9.94. The summed E-state index contributed by atoms with van der Waals surface area (Å²) in [6.45, 7) is 2.08. The SMILES string of the molecule is CC(C(O)Cc1cc(F)cc(Br)c1)C1CC1. The van der Waals surface area contributed by atoms with Gasteiger partial charge in [-0.1, -0.05) is 22.9 Å². The Balaban J connectivity index is 2.01. The van der Waals surface area contributed by atoms with Gasteiger partial charge in [0.15, 0.2) is 0 Å². The van der Waals surface area contributed by atoms with Crippen molar-refractivity contribution in [3.8, 4) is 0 Å². The minimum atomic E-state index is -0.360. The Hall–Kier alpha value is -0.410. The molecule has 0 spiro atoms. The molecule has 0 radical (unpaired) electrons. The van der Waals surface area contributed by atoms with Crippen LogP contribution in [0.5, 0.6) is 0 Å². The molecule has 0 aliphatic heterocycles. The summed E-state index contributed by atoms with van der Waals surface area (Å²) in [6, 6.07) is 4.79. The first kappa shape index (κ1) is 12.1. The third kappa shape index (κ3) is 3.05. The topological polar surface area (TPSA) is 20.2 Å². The summed E-state index contributed by atoms with van der Waals surface area (Å²) in [4.78, 5) is 0. The minimum Gasteiger partial charge on any atom is -0.392 e. The summed E-state index contributed by atoms with van der Waals surface area (Å²) in [5, 5.41) is 10.0. The van der Waals surface area contributed by atoms with Crippen molar-refractivity contribution < 1.29 is 9.50 Å². The van der Waals surface area contributed by atoms with Crippen LogP contribution in [0.1, 0.15) is 25.3 Å². The van der Waals surface area contributed by atoms with Gasteiger partial charge in [0.05, 0.1) is 6.10 Å². The van der Waals surface area contributed by atoms with Crippen molar-refractivity contribution in [2.45, 2.75) is 32.3 Å². The van der Waals surface area contributed by atoms with E-state index in [1.807, 2.05) is 6.07 Å². The van der Waals surface area contributed by atoms with Crippen LogP contribution in [0.25, 0.3) is 0 Å². The molecular weight excluding hydrogens is 271 g/mol. The Morgan fingerprint density at radius 3 is 2.69 bits per heavy atom. The average molecular weight is 287 g/mol. The maximum Gasteiger partial charge on any atom is 0.124 e. The fourth-order valence-electron chi connectivity index (χ4n) is 2.09. The highest BCUT2D eigenvalue weighted by Crippen LogP contribution is 2.38. The summed E-state index contributed by atoms with van der Waals surface area (Å²) in [5.74, 6) is 0.740. The second-order valence-corrected chi connectivity index (χ2v) is 5.66. The lowest BCUT2D eigenvalue weighted by Gasteiger charge is -2.18. The number of halogens is 2. The van der Waals surface area contributed by atoms with Gasteiger partial charge < -0.3 is 5.11 Å². The van der Waals surface area contributed by atoms with Crippen LogP contribution in [-0.2, 0) is 6.42 Å². The van der Waals surface area contributed by atoms with Gasteiger partial charge in [0, 0.05) is 4.47 Å². The molecule has 1 saturated carbocycles. The number of hydrogen-bond donors (Lipinski definition) is 1.